The normalized spacial score (nSPS) is 12.0. The molecule has 1 N–H and O–H groups in total. The van der Waals surface area contributed by atoms with Gasteiger partial charge in [0.1, 0.15) is 0 Å². The minimum Gasteiger partial charge on any atom is -0.278 e. The van der Waals surface area contributed by atoms with E-state index in [1.165, 1.54) is 35.8 Å². The van der Waals surface area contributed by atoms with E-state index in [0.29, 0.717) is 0 Å². The first kappa shape index (κ1) is 13.6. The third-order valence-electron chi connectivity index (χ3n) is 2.37. The predicted molar refractivity (Wildman–Crippen MR) is 71.7 cm³/mol. The molecule has 0 saturated heterocycles. The number of nitrogens with one attached hydrogen (secondary N) is 1. The number of anilines is 1. The SMILES string of the molecule is Cc1ccc(/C=N/Nc2ccccc2C(F)(F)F)s1. The Morgan fingerprint density at radius 2 is 1.89 bits per heavy atom. The largest absolute Gasteiger partial charge is 0.418 e. The van der Waals surface area contributed by atoms with Gasteiger partial charge in [-0.2, -0.15) is 18.3 Å². The van der Waals surface area contributed by atoms with Gasteiger partial charge in [0, 0.05) is 9.75 Å². The Morgan fingerprint density at radius 1 is 1.16 bits per heavy atom. The Balaban J connectivity index is 2.14. The average molecular weight is 284 g/mol. The molecular weight excluding hydrogens is 273 g/mol. The zero-order valence-electron chi connectivity index (χ0n) is 10.0. The van der Waals surface area contributed by atoms with Crippen molar-refractivity contribution in [2.45, 2.75) is 13.1 Å². The second kappa shape index (κ2) is 5.44. The highest BCUT2D eigenvalue weighted by Crippen LogP contribution is 2.34. The van der Waals surface area contributed by atoms with Crippen molar-refractivity contribution >= 4 is 23.2 Å². The van der Waals surface area contributed by atoms with Gasteiger partial charge in [-0.1, -0.05) is 12.1 Å². The third-order valence-corrected chi connectivity index (χ3v) is 3.31. The van der Waals surface area contributed by atoms with Crippen molar-refractivity contribution in [2.24, 2.45) is 5.10 Å². The number of hydrazone groups is 1. The molecule has 0 radical (unpaired) electrons. The van der Waals surface area contributed by atoms with Crippen LogP contribution in [0.1, 0.15) is 15.3 Å². The number of hydrogen-bond acceptors (Lipinski definition) is 3. The van der Waals surface area contributed by atoms with Crippen LogP contribution >= 0.6 is 11.3 Å². The number of nitrogens with zero attached hydrogens (tertiary/aromatic N) is 1. The molecule has 2 aromatic rings. The summed E-state index contributed by atoms with van der Waals surface area (Å²) in [5.74, 6) is 0. The van der Waals surface area contributed by atoms with Crippen molar-refractivity contribution in [2.75, 3.05) is 5.43 Å². The first-order valence-corrected chi connectivity index (χ1v) is 6.30. The van der Waals surface area contributed by atoms with Gasteiger partial charge in [0.25, 0.3) is 0 Å². The number of alkyl halides is 3. The van der Waals surface area contributed by atoms with Gasteiger partial charge in [0.05, 0.1) is 17.5 Å². The second-order valence-corrected chi connectivity index (χ2v) is 5.18. The summed E-state index contributed by atoms with van der Waals surface area (Å²) in [6.07, 6.45) is -2.89. The number of hydrogen-bond donors (Lipinski definition) is 1. The number of para-hydroxylation sites is 1. The van der Waals surface area contributed by atoms with Crippen LogP contribution in [0.5, 0.6) is 0 Å². The summed E-state index contributed by atoms with van der Waals surface area (Å²) in [5, 5.41) is 3.83. The quantitative estimate of drug-likeness (QED) is 0.650. The van der Waals surface area contributed by atoms with Crippen molar-refractivity contribution < 1.29 is 13.2 Å². The summed E-state index contributed by atoms with van der Waals surface area (Å²) in [4.78, 5) is 2.01. The highest BCUT2D eigenvalue weighted by molar-refractivity contribution is 7.13. The lowest BCUT2D eigenvalue weighted by atomic mass is 10.2. The number of thiophene rings is 1. The average Bonchev–Trinajstić information content (AvgIpc) is 2.74. The van der Waals surface area contributed by atoms with Crippen LogP contribution in [0.3, 0.4) is 0 Å². The molecule has 1 heterocycles. The van der Waals surface area contributed by atoms with E-state index in [1.54, 1.807) is 0 Å². The fourth-order valence-corrected chi connectivity index (χ4v) is 2.27. The number of rotatable bonds is 3. The Labute approximate surface area is 112 Å². The van der Waals surface area contributed by atoms with Crippen molar-refractivity contribution in [3.8, 4) is 0 Å². The van der Waals surface area contributed by atoms with Crippen LogP contribution in [0.2, 0.25) is 0 Å². The molecule has 0 aliphatic rings. The molecule has 2 rings (SSSR count). The van der Waals surface area contributed by atoms with E-state index in [0.717, 1.165) is 15.8 Å². The van der Waals surface area contributed by atoms with E-state index in [2.05, 4.69) is 10.5 Å². The molecule has 0 fully saturated rings. The van der Waals surface area contributed by atoms with Crippen LogP contribution in [-0.4, -0.2) is 6.21 Å². The molecule has 1 aromatic heterocycles. The Hall–Kier alpha value is -1.82. The van der Waals surface area contributed by atoms with Crippen LogP contribution in [0.4, 0.5) is 18.9 Å². The van der Waals surface area contributed by atoms with Crippen molar-refractivity contribution in [3.63, 3.8) is 0 Å². The van der Waals surface area contributed by atoms with E-state index in [9.17, 15) is 13.2 Å². The fraction of sp³-hybridized carbons (Fsp3) is 0.154. The maximum atomic E-state index is 12.7. The molecule has 0 spiro atoms. The lowest BCUT2D eigenvalue weighted by molar-refractivity contribution is -0.136. The molecule has 6 heteroatoms. The van der Waals surface area contributed by atoms with E-state index in [1.807, 2.05) is 19.1 Å². The summed E-state index contributed by atoms with van der Waals surface area (Å²) in [6.45, 7) is 1.95. The molecular formula is C13H11F3N2S. The minimum absolute atomic E-state index is 0.0560. The van der Waals surface area contributed by atoms with Gasteiger partial charge < -0.3 is 0 Å². The maximum absolute atomic E-state index is 12.7. The third kappa shape index (κ3) is 3.57. The molecule has 0 atom stereocenters. The Morgan fingerprint density at radius 3 is 2.53 bits per heavy atom. The van der Waals surface area contributed by atoms with Crippen LogP contribution in [0.25, 0.3) is 0 Å². The first-order valence-electron chi connectivity index (χ1n) is 5.48. The second-order valence-electron chi connectivity index (χ2n) is 3.86. The lowest BCUT2D eigenvalue weighted by Gasteiger charge is -2.11. The lowest BCUT2D eigenvalue weighted by Crippen LogP contribution is -2.08. The predicted octanol–water partition coefficient (Wildman–Crippen LogP) is 4.52. The summed E-state index contributed by atoms with van der Waals surface area (Å²) in [6, 6.07) is 9.03. The topological polar surface area (TPSA) is 24.4 Å². The highest BCUT2D eigenvalue weighted by atomic mass is 32.1. The number of halogens is 3. The zero-order chi connectivity index (χ0) is 13.9. The summed E-state index contributed by atoms with van der Waals surface area (Å²) >= 11 is 1.52. The van der Waals surface area contributed by atoms with Crippen molar-refractivity contribution in [1.29, 1.82) is 0 Å². The van der Waals surface area contributed by atoms with Crippen LogP contribution in [0, 0.1) is 6.92 Å². The van der Waals surface area contributed by atoms with Gasteiger partial charge in [-0.15, -0.1) is 11.3 Å². The summed E-state index contributed by atoms with van der Waals surface area (Å²) in [5.41, 5.74) is 1.65. The Kier molecular flexibility index (Phi) is 3.90. The fourth-order valence-electron chi connectivity index (χ4n) is 1.52. The number of aryl methyl sites for hydroxylation is 1. The summed E-state index contributed by atoms with van der Waals surface area (Å²) in [7, 11) is 0. The standard InChI is InChI=1S/C13H11F3N2S/c1-9-6-7-10(19-9)8-17-18-12-5-3-2-4-11(12)13(14,15)16/h2-8,18H,1H3/b17-8+. The van der Waals surface area contributed by atoms with E-state index >= 15 is 0 Å². The van der Waals surface area contributed by atoms with Gasteiger partial charge >= 0.3 is 6.18 Å². The van der Waals surface area contributed by atoms with Gasteiger partial charge in [-0.3, -0.25) is 5.43 Å². The first-order chi connectivity index (χ1) is 8.97. The molecule has 0 amide bonds. The molecule has 0 aliphatic heterocycles. The van der Waals surface area contributed by atoms with Gasteiger partial charge in [-0.25, -0.2) is 0 Å². The monoisotopic (exact) mass is 284 g/mol. The van der Waals surface area contributed by atoms with E-state index in [-0.39, 0.29) is 5.69 Å². The van der Waals surface area contributed by atoms with Gasteiger partial charge in [0.15, 0.2) is 0 Å². The molecule has 0 aliphatic carbocycles. The maximum Gasteiger partial charge on any atom is 0.418 e. The molecule has 2 nitrogen and oxygen atoms in total. The van der Waals surface area contributed by atoms with Crippen molar-refractivity contribution in [1.82, 2.24) is 0 Å². The van der Waals surface area contributed by atoms with Crippen LogP contribution in [-0.2, 0) is 6.18 Å². The molecule has 100 valence electrons. The van der Waals surface area contributed by atoms with E-state index < -0.39 is 11.7 Å². The van der Waals surface area contributed by atoms with Gasteiger partial charge in [-0.05, 0) is 31.2 Å². The van der Waals surface area contributed by atoms with E-state index in [4.69, 9.17) is 0 Å². The molecule has 1 aromatic carbocycles. The van der Waals surface area contributed by atoms with Crippen LogP contribution in [0.15, 0.2) is 41.5 Å². The summed E-state index contributed by atoms with van der Waals surface area (Å²) < 4.78 is 38.1. The Bertz CT molecular complexity index is 588. The van der Waals surface area contributed by atoms with Crippen LogP contribution < -0.4 is 5.43 Å². The smallest absolute Gasteiger partial charge is 0.278 e. The number of benzene rings is 1. The minimum atomic E-state index is -4.39. The van der Waals surface area contributed by atoms with Gasteiger partial charge in [0.2, 0.25) is 0 Å². The van der Waals surface area contributed by atoms with Crippen molar-refractivity contribution in [3.05, 3.63) is 51.7 Å². The molecule has 0 unspecified atom stereocenters. The molecule has 0 bridgehead atoms. The molecule has 19 heavy (non-hydrogen) atoms. The highest BCUT2D eigenvalue weighted by Gasteiger charge is 2.33. The molecule has 0 saturated carbocycles. The zero-order valence-corrected chi connectivity index (χ0v) is 10.8.